The number of methoxy groups -OCH3 is 1. The molecule has 0 bridgehead atoms. The van der Waals surface area contributed by atoms with E-state index in [-0.39, 0.29) is 5.91 Å². The Labute approximate surface area is 172 Å². The van der Waals surface area contributed by atoms with E-state index in [0.29, 0.717) is 41.6 Å². The number of anilines is 1. The Morgan fingerprint density at radius 1 is 1.31 bits per heavy atom. The van der Waals surface area contributed by atoms with Crippen molar-refractivity contribution in [2.75, 3.05) is 25.6 Å². The van der Waals surface area contributed by atoms with Crippen molar-refractivity contribution in [3.63, 3.8) is 0 Å². The van der Waals surface area contributed by atoms with E-state index in [1.165, 1.54) is 25.3 Å². The third-order valence-electron chi connectivity index (χ3n) is 5.34. The van der Waals surface area contributed by atoms with Gasteiger partial charge >= 0.3 is 0 Å². The zero-order valence-electron chi connectivity index (χ0n) is 17.4. The number of nitrogens with one attached hydrogen (secondary N) is 2. The summed E-state index contributed by atoms with van der Waals surface area (Å²) in [5.41, 5.74) is 1.34. The van der Waals surface area contributed by atoms with Crippen molar-refractivity contribution in [2.24, 2.45) is 0 Å². The second-order valence-electron chi connectivity index (χ2n) is 7.40. The summed E-state index contributed by atoms with van der Waals surface area (Å²) in [7, 11) is 1.61. The molecule has 2 atom stereocenters. The zero-order chi connectivity index (χ0) is 20.6. The second kappa shape index (κ2) is 10.1. The molecule has 2 unspecified atom stereocenters. The minimum atomic E-state index is -0.236. The van der Waals surface area contributed by atoms with Crippen molar-refractivity contribution in [3.05, 3.63) is 42.5 Å². The maximum Gasteiger partial charge on any atom is 0.248 e. The molecule has 1 aromatic carbocycles. The maximum absolute atomic E-state index is 12.2. The Morgan fingerprint density at radius 2 is 2.10 bits per heavy atom. The van der Waals surface area contributed by atoms with E-state index in [0.717, 1.165) is 6.54 Å². The normalized spacial score (nSPS) is 20.0. The molecule has 1 fully saturated rings. The van der Waals surface area contributed by atoms with Crippen molar-refractivity contribution < 1.29 is 14.3 Å². The standard InChI is InChI=1S/C22H30N4O3/c1-16-5-4-6-17(2)26(16)11-12-29-21-13-18(7-9-20(21)28-3)25-22(27)10-8-19-14-23-15-24-19/h7-10,13-17H,4-6,11-12H2,1-3H3,(H,23,24)(H,25,27). The van der Waals surface area contributed by atoms with Gasteiger partial charge in [-0.25, -0.2) is 4.98 Å². The number of ether oxygens (including phenoxy) is 2. The molecule has 1 aromatic heterocycles. The number of imidazole rings is 1. The van der Waals surface area contributed by atoms with Gasteiger partial charge in [-0.05, 0) is 44.9 Å². The van der Waals surface area contributed by atoms with Gasteiger partial charge in [0, 0.05) is 42.7 Å². The molecule has 1 amide bonds. The number of aromatic nitrogens is 2. The van der Waals surface area contributed by atoms with E-state index < -0.39 is 0 Å². The van der Waals surface area contributed by atoms with Gasteiger partial charge in [0.25, 0.3) is 0 Å². The topological polar surface area (TPSA) is 79.5 Å². The summed E-state index contributed by atoms with van der Waals surface area (Å²) in [4.78, 5) is 21.5. The monoisotopic (exact) mass is 398 g/mol. The van der Waals surface area contributed by atoms with Crippen LogP contribution in [0.25, 0.3) is 6.08 Å². The molecule has 2 aromatic rings. The minimum absolute atomic E-state index is 0.236. The third-order valence-corrected chi connectivity index (χ3v) is 5.34. The molecule has 7 heteroatoms. The van der Waals surface area contributed by atoms with E-state index in [4.69, 9.17) is 9.47 Å². The van der Waals surface area contributed by atoms with Crippen molar-refractivity contribution >= 4 is 17.7 Å². The molecule has 2 N–H and O–H groups in total. The smallest absolute Gasteiger partial charge is 0.248 e. The van der Waals surface area contributed by atoms with Crippen LogP contribution < -0.4 is 14.8 Å². The number of benzene rings is 1. The van der Waals surface area contributed by atoms with Crippen LogP contribution in [-0.4, -0.2) is 53.1 Å². The van der Waals surface area contributed by atoms with Gasteiger partial charge in [-0.3, -0.25) is 9.69 Å². The van der Waals surface area contributed by atoms with Crippen LogP contribution in [0.1, 0.15) is 38.8 Å². The van der Waals surface area contributed by atoms with Crippen LogP contribution in [0.5, 0.6) is 11.5 Å². The summed E-state index contributed by atoms with van der Waals surface area (Å²) >= 11 is 0. The SMILES string of the molecule is COc1ccc(NC(=O)C=Cc2c[nH]cn2)cc1OCCN1C(C)CCCC1C. The second-order valence-corrected chi connectivity index (χ2v) is 7.40. The molecule has 156 valence electrons. The Balaban J connectivity index is 1.58. The predicted octanol–water partition coefficient (Wildman–Crippen LogP) is 3.71. The van der Waals surface area contributed by atoms with Crippen molar-refractivity contribution in [1.29, 1.82) is 0 Å². The average molecular weight is 399 g/mol. The number of carbonyl (C=O) groups excluding carboxylic acids is 1. The fourth-order valence-corrected chi connectivity index (χ4v) is 3.75. The molecule has 1 aliphatic rings. The van der Waals surface area contributed by atoms with Gasteiger partial charge < -0.3 is 19.8 Å². The Morgan fingerprint density at radius 3 is 2.79 bits per heavy atom. The summed E-state index contributed by atoms with van der Waals surface area (Å²) in [6.45, 7) is 6.00. The van der Waals surface area contributed by atoms with Gasteiger partial charge in [0.2, 0.25) is 5.91 Å². The van der Waals surface area contributed by atoms with Gasteiger partial charge in [-0.1, -0.05) is 6.42 Å². The van der Waals surface area contributed by atoms with Crippen molar-refractivity contribution in [1.82, 2.24) is 14.9 Å². The molecule has 29 heavy (non-hydrogen) atoms. The number of H-pyrrole nitrogens is 1. The van der Waals surface area contributed by atoms with Crippen LogP contribution in [0.3, 0.4) is 0 Å². The van der Waals surface area contributed by atoms with E-state index in [1.807, 2.05) is 0 Å². The Hall–Kier alpha value is -2.80. The van der Waals surface area contributed by atoms with Crippen molar-refractivity contribution in [3.8, 4) is 11.5 Å². The van der Waals surface area contributed by atoms with Crippen LogP contribution >= 0.6 is 0 Å². The lowest BCUT2D eigenvalue weighted by atomic mass is 9.98. The first kappa shape index (κ1) is 20.9. The molecular weight excluding hydrogens is 368 g/mol. The van der Waals surface area contributed by atoms with Gasteiger partial charge in [-0.15, -0.1) is 0 Å². The summed E-state index contributed by atoms with van der Waals surface area (Å²) in [6, 6.07) is 6.55. The van der Waals surface area contributed by atoms with Crippen molar-refractivity contribution in [2.45, 2.75) is 45.2 Å². The number of hydrogen-bond donors (Lipinski definition) is 2. The zero-order valence-corrected chi connectivity index (χ0v) is 17.4. The number of aromatic amines is 1. The summed E-state index contributed by atoms with van der Waals surface area (Å²) < 4.78 is 11.4. The molecule has 0 aliphatic carbocycles. The number of nitrogens with zero attached hydrogens (tertiary/aromatic N) is 2. The highest BCUT2D eigenvalue weighted by molar-refractivity contribution is 6.01. The lowest BCUT2D eigenvalue weighted by molar-refractivity contribution is -0.111. The predicted molar refractivity (Wildman–Crippen MR) is 114 cm³/mol. The number of amides is 1. The first-order valence-corrected chi connectivity index (χ1v) is 10.1. The lowest BCUT2D eigenvalue weighted by Crippen LogP contribution is -2.45. The van der Waals surface area contributed by atoms with Crippen LogP contribution in [-0.2, 0) is 4.79 Å². The highest BCUT2D eigenvalue weighted by Crippen LogP contribution is 2.30. The highest BCUT2D eigenvalue weighted by Gasteiger charge is 2.24. The number of carbonyl (C=O) groups is 1. The van der Waals surface area contributed by atoms with Crippen LogP contribution in [0, 0.1) is 0 Å². The largest absolute Gasteiger partial charge is 0.493 e. The summed E-state index contributed by atoms with van der Waals surface area (Å²) in [5, 5.41) is 2.84. The molecule has 0 spiro atoms. The van der Waals surface area contributed by atoms with Crippen LogP contribution in [0.4, 0.5) is 5.69 Å². The highest BCUT2D eigenvalue weighted by atomic mass is 16.5. The average Bonchev–Trinajstić information content (AvgIpc) is 3.22. The molecule has 1 saturated heterocycles. The van der Waals surface area contributed by atoms with Gasteiger partial charge in [-0.2, -0.15) is 0 Å². The van der Waals surface area contributed by atoms with E-state index in [2.05, 4.69) is 34.0 Å². The molecule has 7 nitrogen and oxygen atoms in total. The minimum Gasteiger partial charge on any atom is -0.493 e. The van der Waals surface area contributed by atoms with E-state index >= 15 is 0 Å². The van der Waals surface area contributed by atoms with Gasteiger partial charge in [0.05, 0.1) is 19.1 Å². The number of piperidine rings is 1. The first-order chi connectivity index (χ1) is 14.1. The van der Waals surface area contributed by atoms with E-state index in [9.17, 15) is 4.79 Å². The van der Waals surface area contributed by atoms with Gasteiger partial charge in [0.15, 0.2) is 11.5 Å². The number of hydrogen-bond acceptors (Lipinski definition) is 5. The van der Waals surface area contributed by atoms with Crippen LogP contribution in [0.2, 0.25) is 0 Å². The quantitative estimate of drug-likeness (QED) is 0.663. The third kappa shape index (κ3) is 5.84. The van der Waals surface area contributed by atoms with Crippen LogP contribution in [0.15, 0.2) is 36.8 Å². The van der Waals surface area contributed by atoms with E-state index in [1.54, 1.807) is 43.9 Å². The van der Waals surface area contributed by atoms with Gasteiger partial charge in [0.1, 0.15) is 6.61 Å². The molecule has 2 heterocycles. The molecule has 0 saturated carbocycles. The fourth-order valence-electron chi connectivity index (χ4n) is 3.75. The number of likely N-dealkylation sites (tertiary alicyclic amines) is 1. The first-order valence-electron chi connectivity index (χ1n) is 10.1. The fraction of sp³-hybridized carbons (Fsp3) is 0.455. The summed E-state index contributed by atoms with van der Waals surface area (Å²) in [6.07, 6.45) is 10.1. The molecule has 1 aliphatic heterocycles. The maximum atomic E-state index is 12.2. The molecule has 0 radical (unpaired) electrons. The Kier molecular flexibility index (Phi) is 7.30. The number of rotatable bonds is 8. The Bertz CT molecular complexity index is 809. The summed E-state index contributed by atoms with van der Waals surface area (Å²) in [5.74, 6) is 1.04. The molecular formula is C22H30N4O3. The molecule has 3 rings (SSSR count). The lowest BCUT2D eigenvalue weighted by Gasteiger charge is -2.38.